The molecule has 1 aliphatic rings. The summed E-state index contributed by atoms with van der Waals surface area (Å²) >= 11 is 0. The zero-order valence-electron chi connectivity index (χ0n) is 28.1. The van der Waals surface area contributed by atoms with E-state index >= 15 is 0 Å². The topological polar surface area (TPSA) is 185 Å². The van der Waals surface area contributed by atoms with Crippen molar-refractivity contribution >= 4 is 15.8 Å². The summed E-state index contributed by atoms with van der Waals surface area (Å²) < 4.78 is 60.1. The Morgan fingerprint density at radius 1 is 0.960 bits per heavy atom. The molecule has 6 rings (SSSR count). The number of hydrogen-bond donors (Lipinski definition) is 2. The Kier molecular flexibility index (Phi) is 10.5. The number of anilines is 1. The SMILES string of the molecule is COc1ccccc1Oc1c(NS(=O)(=O)c2ccc(C(C)(C)C)cc2)nc(-c2cccnc2-c2nn[nH]n2)nc1OCCOC1CCCCO1. The van der Waals surface area contributed by atoms with Crippen LogP contribution in [0.3, 0.4) is 0 Å². The Morgan fingerprint density at radius 3 is 2.46 bits per heavy atom. The average molecular weight is 703 g/mol. The third kappa shape index (κ3) is 8.15. The van der Waals surface area contributed by atoms with Crippen molar-refractivity contribution in [2.45, 2.75) is 56.6 Å². The maximum Gasteiger partial charge on any atom is 0.263 e. The Bertz CT molecular complexity index is 2000. The van der Waals surface area contributed by atoms with Crippen LogP contribution < -0.4 is 18.9 Å². The fourth-order valence-corrected chi connectivity index (χ4v) is 6.13. The second-order valence-electron chi connectivity index (χ2n) is 12.3. The van der Waals surface area contributed by atoms with E-state index in [1.54, 1.807) is 66.9 Å². The number of methoxy groups -OCH3 is 1. The molecule has 1 saturated heterocycles. The van der Waals surface area contributed by atoms with Crippen molar-refractivity contribution < 1.29 is 32.1 Å². The van der Waals surface area contributed by atoms with Gasteiger partial charge in [-0.15, -0.1) is 10.2 Å². The van der Waals surface area contributed by atoms with Gasteiger partial charge >= 0.3 is 0 Å². The lowest BCUT2D eigenvalue weighted by Gasteiger charge is -2.23. The Balaban J connectivity index is 1.45. The third-order valence-electron chi connectivity index (χ3n) is 7.75. The van der Waals surface area contributed by atoms with Crippen LogP contribution >= 0.6 is 0 Å². The molecule has 2 N–H and O–H groups in total. The van der Waals surface area contributed by atoms with Crippen LogP contribution in [0.4, 0.5) is 5.82 Å². The van der Waals surface area contributed by atoms with Gasteiger partial charge < -0.3 is 23.7 Å². The first kappa shape index (κ1) is 34.7. The van der Waals surface area contributed by atoms with Crippen molar-refractivity contribution in [2.24, 2.45) is 0 Å². The number of sulfonamides is 1. The quantitative estimate of drug-likeness (QED) is 0.146. The van der Waals surface area contributed by atoms with E-state index in [0.29, 0.717) is 23.6 Å². The van der Waals surface area contributed by atoms with Crippen molar-refractivity contribution in [3.05, 3.63) is 72.4 Å². The minimum absolute atomic E-state index is 0.0196. The number of aromatic amines is 1. The molecule has 1 unspecified atom stereocenters. The zero-order chi connectivity index (χ0) is 35.1. The molecule has 0 spiro atoms. The molecule has 0 amide bonds. The van der Waals surface area contributed by atoms with E-state index in [1.807, 2.05) is 0 Å². The molecule has 50 heavy (non-hydrogen) atoms. The van der Waals surface area contributed by atoms with Gasteiger partial charge in [-0.25, -0.2) is 13.4 Å². The minimum Gasteiger partial charge on any atom is -0.493 e. The second-order valence-corrected chi connectivity index (χ2v) is 14.0. The smallest absolute Gasteiger partial charge is 0.263 e. The summed E-state index contributed by atoms with van der Waals surface area (Å²) in [5.41, 5.74) is 1.48. The molecule has 2 aromatic carbocycles. The molecule has 1 atom stereocenters. The number of nitrogens with zero attached hydrogens (tertiary/aromatic N) is 6. The van der Waals surface area contributed by atoms with Crippen LogP contribution in [-0.4, -0.2) is 77.2 Å². The molecule has 15 nitrogen and oxygen atoms in total. The molecule has 0 radical (unpaired) electrons. The fourth-order valence-electron chi connectivity index (χ4n) is 5.13. The highest BCUT2D eigenvalue weighted by molar-refractivity contribution is 7.92. The van der Waals surface area contributed by atoms with E-state index in [9.17, 15) is 8.42 Å². The highest BCUT2D eigenvalue weighted by atomic mass is 32.2. The van der Waals surface area contributed by atoms with E-state index < -0.39 is 10.0 Å². The van der Waals surface area contributed by atoms with Gasteiger partial charge in [-0.05, 0) is 71.9 Å². The number of aromatic nitrogens is 7. The normalized spacial score (nSPS) is 15.0. The first-order chi connectivity index (χ1) is 24.1. The van der Waals surface area contributed by atoms with Gasteiger partial charge in [0.1, 0.15) is 12.3 Å². The summed E-state index contributed by atoms with van der Waals surface area (Å²) in [6.45, 7) is 6.98. The molecule has 1 aliphatic heterocycles. The van der Waals surface area contributed by atoms with Crippen molar-refractivity contribution in [3.63, 3.8) is 0 Å². The summed E-state index contributed by atoms with van der Waals surface area (Å²) in [5, 5.41) is 14.2. The lowest BCUT2D eigenvalue weighted by molar-refractivity contribution is -0.165. The summed E-state index contributed by atoms with van der Waals surface area (Å²) in [7, 11) is -2.72. The molecule has 3 aromatic heterocycles. The number of hydrogen-bond acceptors (Lipinski definition) is 13. The second kappa shape index (κ2) is 15.1. The number of ether oxygens (including phenoxy) is 5. The van der Waals surface area contributed by atoms with Crippen LogP contribution in [0.25, 0.3) is 22.9 Å². The van der Waals surface area contributed by atoms with E-state index in [2.05, 4.69) is 56.1 Å². The molecule has 5 aromatic rings. The van der Waals surface area contributed by atoms with Gasteiger partial charge in [-0.2, -0.15) is 10.2 Å². The molecule has 0 saturated carbocycles. The van der Waals surface area contributed by atoms with Gasteiger partial charge in [0, 0.05) is 18.4 Å². The standard InChI is InChI=1S/C34H38N8O7S/c1-34(2,3)22-14-16-23(17-15-22)50(43,44)40-32-29(49-26-12-6-5-11-25(26)45-4)33(48-21-20-47-27-13-7-8-19-46-27)37-30(36-32)24-10-9-18-35-28(24)31-38-41-42-39-31/h5-6,9-12,14-18,27H,7-8,13,19-21H2,1-4H3,(H,36,37,40)(H,38,39,41,42). The van der Waals surface area contributed by atoms with Crippen LogP contribution in [0.15, 0.2) is 71.8 Å². The van der Waals surface area contributed by atoms with Gasteiger partial charge in [0.2, 0.25) is 11.6 Å². The number of rotatable bonds is 13. The van der Waals surface area contributed by atoms with Crippen molar-refractivity contribution in [1.82, 2.24) is 35.6 Å². The van der Waals surface area contributed by atoms with Gasteiger partial charge in [-0.3, -0.25) is 9.71 Å². The monoisotopic (exact) mass is 702 g/mol. The van der Waals surface area contributed by atoms with Gasteiger partial charge in [0.15, 0.2) is 29.4 Å². The average Bonchev–Trinajstić information content (AvgIpc) is 3.67. The molecule has 4 heterocycles. The number of pyridine rings is 1. The zero-order valence-corrected chi connectivity index (χ0v) is 28.9. The molecular weight excluding hydrogens is 664 g/mol. The Labute approximate surface area is 289 Å². The lowest BCUT2D eigenvalue weighted by atomic mass is 9.87. The van der Waals surface area contributed by atoms with Crippen molar-refractivity contribution in [2.75, 3.05) is 31.7 Å². The Hall–Kier alpha value is -5.19. The largest absolute Gasteiger partial charge is 0.493 e. The number of nitrogens with one attached hydrogen (secondary N) is 2. The Morgan fingerprint density at radius 2 is 1.76 bits per heavy atom. The van der Waals surface area contributed by atoms with Crippen LogP contribution in [-0.2, 0) is 24.9 Å². The molecule has 0 aliphatic carbocycles. The summed E-state index contributed by atoms with van der Waals surface area (Å²) in [4.78, 5) is 13.8. The van der Waals surface area contributed by atoms with Crippen LogP contribution in [0.2, 0.25) is 0 Å². The molecular formula is C34H38N8O7S. The highest BCUT2D eigenvalue weighted by Crippen LogP contribution is 2.42. The maximum absolute atomic E-state index is 14.0. The molecule has 16 heteroatoms. The van der Waals surface area contributed by atoms with Gasteiger partial charge in [0.05, 0.1) is 18.6 Å². The summed E-state index contributed by atoms with van der Waals surface area (Å²) in [6, 6.07) is 16.9. The van der Waals surface area contributed by atoms with Crippen LogP contribution in [0.1, 0.15) is 45.6 Å². The maximum atomic E-state index is 14.0. The minimum atomic E-state index is -4.22. The fraction of sp³-hybridized carbons (Fsp3) is 0.353. The van der Waals surface area contributed by atoms with E-state index in [4.69, 9.17) is 28.7 Å². The van der Waals surface area contributed by atoms with Gasteiger partial charge in [-0.1, -0.05) is 45.0 Å². The first-order valence-corrected chi connectivity index (χ1v) is 17.5. The highest BCUT2D eigenvalue weighted by Gasteiger charge is 2.27. The summed E-state index contributed by atoms with van der Waals surface area (Å²) in [6.07, 6.45) is 4.00. The number of H-pyrrole nitrogens is 1. The van der Waals surface area contributed by atoms with E-state index in [-0.39, 0.29) is 64.7 Å². The molecule has 0 bridgehead atoms. The lowest BCUT2D eigenvalue weighted by Crippen LogP contribution is -2.24. The first-order valence-electron chi connectivity index (χ1n) is 16.0. The van der Waals surface area contributed by atoms with Crippen LogP contribution in [0, 0.1) is 0 Å². The number of tetrazole rings is 1. The van der Waals surface area contributed by atoms with Crippen LogP contribution in [0.5, 0.6) is 23.1 Å². The summed E-state index contributed by atoms with van der Waals surface area (Å²) in [5.74, 6) is 0.520. The predicted octanol–water partition coefficient (Wildman–Crippen LogP) is 5.54. The predicted molar refractivity (Wildman–Crippen MR) is 182 cm³/mol. The van der Waals surface area contributed by atoms with Crippen molar-refractivity contribution in [3.8, 4) is 46.0 Å². The third-order valence-corrected chi connectivity index (χ3v) is 9.10. The van der Waals surface area contributed by atoms with E-state index in [1.165, 1.54) is 7.11 Å². The van der Waals surface area contributed by atoms with Crippen molar-refractivity contribution in [1.29, 1.82) is 0 Å². The van der Waals surface area contributed by atoms with Gasteiger partial charge in [0.25, 0.3) is 15.9 Å². The molecule has 1 fully saturated rings. The number of para-hydroxylation sites is 2. The van der Waals surface area contributed by atoms with E-state index in [0.717, 1.165) is 24.8 Å². The molecule has 262 valence electrons. The number of benzene rings is 2.